The molecule has 1 aliphatic heterocycles. The average Bonchev–Trinajstić information content (AvgIpc) is 3.29. The van der Waals surface area contributed by atoms with Crippen LogP contribution in [0.1, 0.15) is 38.3 Å². The first-order chi connectivity index (χ1) is 15.0. The van der Waals surface area contributed by atoms with Gasteiger partial charge in [-0.1, -0.05) is 41.9 Å². The highest BCUT2D eigenvalue weighted by Crippen LogP contribution is 2.44. The van der Waals surface area contributed by atoms with Crippen molar-refractivity contribution >= 4 is 40.4 Å². The standard InChI is InChI=1S/C24H23ClN2O3S/c1-15-9-10-19(18(25)14-15)26-23(28)21-16-6-3-4-7-17(16)24(29)27(11-12-30-2)22(21)20-8-5-13-31-20/h3-10,13-14,21-22H,11-12H2,1-2H3,(H,26,28)/t21-,22-/m0/s1. The molecule has 2 heterocycles. The lowest BCUT2D eigenvalue weighted by atomic mass is 9.81. The second kappa shape index (κ2) is 9.22. The summed E-state index contributed by atoms with van der Waals surface area (Å²) in [6.45, 7) is 2.72. The van der Waals surface area contributed by atoms with Crippen molar-refractivity contribution in [3.05, 3.63) is 86.6 Å². The summed E-state index contributed by atoms with van der Waals surface area (Å²) in [4.78, 5) is 29.7. The molecule has 0 fully saturated rings. The fraction of sp³-hybridized carbons (Fsp3) is 0.250. The van der Waals surface area contributed by atoms with Crippen molar-refractivity contribution in [1.82, 2.24) is 4.90 Å². The van der Waals surface area contributed by atoms with Crippen molar-refractivity contribution < 1.29 is 14.3 Å². The third-order valence-electron chi connectivity index (χ3n) is 5.47. The van der Waals surface area contributed by atoms with E-state index >= 15 is 0 Å². The number of fused-ring (bicyclic) bond motifs is 1. The van der Waals surface area contributed by atoms with Gasteiger partial charge in [0.15, 0.2) is 0 Å². The molecular formula is C24H23ClN2O3S. The van der Waals surface area contributed by atoms with E-state index in [2.05, 4.69) is 5.32 Å². The van der Waals surface area contributed by atoms with Crippen LogP contribution in [-0.4, -0.2) is 37.0 Å². The van der Waals surface area contributed by atoms with Crippen molar-refractivity contribution in [2.45, 2.75) is 18.9 Å². The second-order valence-corrected chi connectivity index (χ2v) is 8.88. The topological polar surface area (TPSA) is 58.6 Å². The molecule has 4 rings (SSSR count). The zero-order valence-corrected chi connectivity index (χ0v) is 18.9. The Morgan fingerprint density at radius 3 is 2.71 bits per heavy atom. The number of carbonyl (C=O) groups excluding carboxylic acids is 2. The van der Waals surface area contributed by atoms with Crippen LogP contribution in [0.15, 0.2) is 60.0 Å². The van der Waals surface area contributed by atoms with Gasteiger partial charge in [0, 0.05) is 24.1 Å². The van der Waals surface area contributed by atoms with Gasteiger partial charge in [-0.15, -0.1) is 11.3 Å². The Hall–Kier alpha value is -2.67. The number of aryl methyl sites for hydroxylation is 1. The number of methoxy groups -OCH3 is 1. The van der Waals surface area contributed by atoms with E-state index in [1.165, 1.54) is 11.3 Å². The van der Waals surface area contributed by atoms with E-state index in [1.54, 1.807) is 24.1 Å². The monoisotopic (exact) mass is 454 g/mol. The Labute approximate surface area is 190 Å². The van der Waals surface area contributed by atoms with Gasteiger partial charge < -0.3 is 15.0 Å². The molecule has 1 aromatic heterocycles. The number of anilines is 1. The largest absolute Gasteiger partial charge is 0.383 e. The van der Waals surface area contributed by atoms with Gasteiger partial charge in [-0.3, -0.25) is 9.59 Å². The molecule has 0 bridgehead atoms. The van der Waals surface area contributed by atoms with E-state index in [4.69, 9.17) is 16.3 Å². The zero-order chi connectivity index (χ0) is 22.0. The van der Waals surface area contributed by atoms with Crippen LogP contribution in [0.2, 0.25) is 5.02 Å². The first-order valence-corrected chi connectivity index (χ1v) is 11.3. The molecule has 2 aromatic carbocycles. The minimum atomic E-state index is -0.582. The molecule has 2 amide bonds. The predicted molar refractivity (Wildman–Crippen MR) is 124 cm³/mol. The summed E-state index contributed by atoms with van der Waals surface area (Å²) in [5.74, 6) is -0.878. The second-order valence-electron chi connectivity index (χ2n) is 7.49. The van der Waals surface area contributed by atoms with Crippen LogP contribution in [0.4, 0.5) is 5.69 Å². The molecule has 0 aliphatic carbocycles. The van der Waals surface area contributed by atoms with Crippen LogP contribution in [-0.2, 0) is 9.53 Å². The quantitative estimate of drug-likeness (QED) is 0.551. The van der Waals surface area contributed by atoms with Gasteiger partial charge in [-0.05, 0) is 47.7 Å². The van der Waals surface area contributed by atoms with Crippen LogP contribution in [0.3, 0.4) is 0 Å². The molecule has 2 atom stereocenters. The van der Waals surface area contributed by atoms with Gasteiger partial charge in [0.25, 0.3) is 5.91 Å². The van der Waals surface area contributed by atoms with Gasteiger partial charge in [0.2, 0.25) is 5.91 Å². The van der Waals surface area contributed by atoms with E-state index in [9.17, 15) is 9.59 Å². The highest BCUT2D eigenvalue weighted by Gasteiger charge is 2.44. The van der Waals surface area contributed by atoms with Crippen LogP contribution in [0.5, 0.6) is 0 Å². The molecule has 5 nitrogen and oxygen atoms in total. The lowest BCUT2D eigenvalue weighted by molar-refractivity contribution is -0.119. The highest BCUT2D eigenvalue weighted by molar-refractivity contribution is 7.10. The molecule has 0 unspecified atom stereocenters. The summed E-state index contributed by atoms with van der Waals surface area (Å²) < 4.78 is 5.26. The fourth-order valence-electron chi connectivity index (χ4n) is 4.02. The number of amides is 2. The number of rotatable bonds is 6. The predicted octanol–water partition coefficient (Wildman–Crippen LogP) is 5.28. The van der Waals surface area contributed by atoms with Gasteiger partial charge in [-0.2, -0.15) is 0 Å². The van der Waals surface area contributed by atoms with Crippen LogP contribution < -0.4 is 5.32 Å². The van der Waals surface area contributed by atoms with Crippen LogP contribution >= 0.6 is 22.9 Å². The Kier molecular flexibility index (Phi) is 6.41. The van der Waals surface area contributed by atoms with Crippen molar-refractivity contribution in [2.75, 3.05) is 25.6 Å². The number of halogens is 1. The molecule has 3 aromatic rings. The summed E-state index contributed by atoms with van der Waals surface area (Å²) in [6, 6.07) is 16.3. The van der Waals surface area contributed by atoms with E-state index in [0.717, 1.165) is 16.0 Å². The van der Waals surface area contributed by atoms with E-state index in [1.807, 2.05) is 54.8 Å². The molecule has 1 aliphatic rings. The molecule has 0 spiro atoms. The van der Waals surface area contributed by atoms with Gasteiger partial charge in [0.05, 0.1) is 29.3 Å². The smallest absolute Gasteiger partial charge is 0.254 e. The number of carbonyl (C=O) groups is 2. The Bertz CT molecular complexity index is 1100. The molecule has 0 radical (unpaired) electrons. The van der Waals surface area contributed by atoms with Crippen LogP contribution in [0.25, 0.3) is 0 Å². The molecule has 7 heteroatoms. The third-order valence-corrected chi connectivity index (χ3v) is 6.73. The normalized spacial score (nSPS) is 18.0. The van der Waals surface area contributed by atoms with Gasteiger partial charge >= 0.3 is 0 Å². The number of thiophene rings is 1. The summed E-state index contributed by atoms with van der Waals surface area (Å²) in [6.07, 6.45) is 0. The lowest BCUT2D eigenvalue weighted by Crippen LogP contribution is -2.47. The summed E-state index contributed by atoms with van der Waals surface area (Å²) in [5, 5.41) is 5.44. The van der Waals surface area contributed by atoms with Gasteiger partial charge in [0.1, 0.15) is 0 Å². The molecule has 31 heavy (non-hydrogen) atoms. The van der Waals surface area contributed by atoms with Crippen molar-refractivity contribution in [3.63, 3.8) is 0 Å². The molecular weight excluding hydrogens is 432 g/mol. The Morgan fingerprint density at radius 2 is 2.00 bits per heavy atom. The maximum absolute atomic E-state index is 13.7. The summed E-state index contributed by atoms with van der Waals surface area (Å²) in [5.41, 5.74) is 2.83. The van der Waals surface area contributed by atoms with Gasteiger partial charge in [-0.25, -0.2) is 0 Å². The molecule has 0 saturated carbocycles. The number of ether oxygens (including phenoxy) is 1. The minimum Gasteiger partial charge on any atom is -0.383 e. The average molecular weight is 455 g/mol. The molecule has 0 saturated heterocycles. The minimum absolute atomic E-state index is 0.0940. The Balaban J connectivity index is 1.80. The van der Waals surface area contributed by atoms with E-state index < -0.39 is 12.0 Å². The lowest BCUT2D eigenvalue weighted by Gasteiger charge is -2.41. The van der Waals surface area contributed by atoms with Crippen molar-refractivity contribution in [3.8, 4) is 0 Å². The first kappa shape index (κ1) is 21.6. The number of benzene rings is 2. The van der Waals surface area contributed by atoms with Crippen molar-refractivity contribution in [1.29, 1.82) is 0 Å². The highest BCUT2D eigenvalue weighted by atomic mass is 35.5. The molecule has 160 valence electrons. The number of nitrogens with zero attached hydrogens (tertiary/aromatic N) is 1. The summed E-state index contributed by atoms with van der Waals surface area (Å²) >= 11 is 7.91. The van der Waals surface area contributed by atoms with Crippen molar-refractivity contribution in [2.24, 2.45) is 0 Å². The number of hydrogen-bond acceptors (Lipinski definition) is 4. The van der Waals surface area contributed by atoms with E-state index in [0.29, 0.717) is 29.4 Å². The first-order valence-electron chi connectivity index (χ1n) is 10.0. The Morgan fingerprint density at radius 1 is 1.19 bits per heavy atom. The maximum Gasteiger partial charge on any atom is 0.254 e. The number of nitrogens with one attached hydrogen (secondary N) is 1. The third kappa shape index (κ3) is 4.24. The maximum atomic E-state index is 13.7. The SMILES string of the molecule is COCCN1C(=O)c2ccccc2[C@H](C(=O)Nc2ccc(C)cc2Cl)[C@@H]1c1cccs1. The number of hydrogen-bond donors (Lipinski definition) is 1. The molecule has 1 N–H and O–H groups in total. The summed E-state index contributed by atoms with van der Waals surface area (Å²) in [7, 11) is 1.60. The zero-order valence-electron chi connectivity index (χ0n) is 17.3. The van der Waals surface area contributed by atoms with E-state index in [-0.39, 0.29) is 11.8 Å². The fourth-order valence-corrected chi connectivity index (χ4v) is 5.17. The van der Waals surface area contributed by atoms with Crippen LogP contribution in [0, 0.1) is 6.92 Å².